The topological polar surface area (TPSA) is 23.6 Å². The van der Waals surface area contributed by atoms with Gasteiger partial charge in [-0.15, -0.1) is 0 Å². The predicted octanol–water partition coefficient (Wildman–Crippen LogP) is 1.57. The number of hydrogen-bond acceptors (Lipinski definition) is 2. The van der Waals surface area contributed by atoms with Gasteiger partial charge in [0.2, 0.25) is 5.91 Å². The molecule has 0 spiro atoms. The van der Waals surface area contributed by atoms with E-state index in [2.05, 4.69) is 41.1 Å². The highest BCUT2D eigenvalue weighted by molar-refractivity contribution is 5.79. The van der Waals surface area contributed by atoms with Gasteiger partial charge in [-0.25, -0.2) is 0 Å². The van der Waals surface area contributed by atoms with Gasteiger partial charge in [0, 0.05) is 32.1 Å². The van der Waals surface area contributed by atoms with Gasteiger partial charge in [-0.1, -0.05) is 24.3 Å². The maximum Gasteiger partial charge on any atom is 0.226 e. The Hall–Kier alpha value is -1.35. The van der Waals surface area contributed by atoms with Crippen LogP contribution in [0, 0.1) is 5.92 Å². The number of benzene rings is 1. The lowest BCUT2D eigenvalue weighted by Crippen LogP contribution is -2.49. The largest absolute Gasteiger partial charge is 0.340 e. The zero-order valence-corrected chi connectivity index (χ0v) is 11.6. The first kappa shape index (κ1) is 12.7. The average molecular weight is 258 g/mol. The highest BCUT2D eigenvalue weighted by Gasteiger charge is 2.29. The zero-order chi connectivity index (χ0) is 13.2. The molecular formula is C16H22N2O. The van der Waals surface area contributed by atoms with E-state index >= 15 is 0 Å². The molecule has 2 aliphatic rings. The number of amides is 1. The monoisotopic (exact) mass is 258 g/mol. The predicted molar refractivity (Wildman–Crippen MR) is 76.0 cm³/mol. The maximum atomic E-state index is 12.6. The third kappa shape index (κ3) is 2.66. The number of carbonyl (C=O) groups is 1. The molecule has 102 valence electrons. The summed E-state index contributed by atoms with van der Waals surface area (Å²) < 4.78 is 0. The number of rotatable bonds is 1. The van der Waals surface area contributed by atoms with Crippen LogP contribution in [0.4, 0.5) is 0 Å². The van der Waals surface area contributed by atoms with Crippen molar-refractivity contribution in [2.45, 2.75) is 19.3 Å². The third-order valence-electron chi connectivity index (χ3n) is 4.51. The Morgan fingerprint density at radius 3 is 2.53 bits per heavy atom. The summed E-state index contributed by atoms with van der Waals surface area (Å²) in [6.45, 7) is 3.81. The van der Waals surface area contributed by atoms with Crippen molar-refractivity contribution >= 4 is 5.91 Å². The second-order valence-corrected chi connectivity index (χ2v) is 5.84. The van der Waals surface area contributed by atoms with Crippen LogP contribution in [-0.2, 0) is 17.6 Å². The van der Waals surface area contributed by atoms with Gasteiger partial charge in [-0.05, 0) is 37.4 Å². The molecule has 19 heavy (non-hydrogen) atoms. The summed E-state index contributed by atoms with van der Waals surface area (Å²) in [7, 11) is 2.12. The molecule has 1 aromatic rings. The van der Waals surface area contributed by atoms with Crippen LogP contribution < -0.4 is 0 Å². The molecule has 0 N–H and O–H groups in total. The van der Waals surface area contributed by atoms with Gasteiger partial charge in [-0.3, -0.25) is 4.79 Å². The average Bonchev–Trinajstić information content (AvgIpc) is 2.47. The second-order valence-electron chi connectivity index (χ2n) is 5.84. The Morgan fingerprint density at radius 1 is 1.11 bits per heavy atom. The molecule has 1 aromatic carbocycles. The summed E-state index contributed by atoms with van der Waals surface area (Å²) in [5.41, 5.74) is 2.81. The molecule has 1 aliphatic carbocycles. The lowest BCUT2D eigenvalue weighted by Gasteiger charge is -2.35. The van der Waals surface area contributed by atoms with Crippen molar-refractivity contribution in [3.8, 4) is 0 Å². The summed E-state index contributed by atoms with van der Waals surface area (Å²) in [6, 6.07) is 8.56. The number of piperazine rings is 1. The molecule has 1 atom stereocenters. The highest BCUT2D eigenvalue weighted by atomic mass is 16.2. The lowest BCUT2D eigenvalue weighted by molar-refractivity contribution is -0.137. The maximum absolute atomic E-state index is 12.6. The number of nitrogens with zero attached hydrogens (tertiary/aromatic N) is 2. The van der Waals surface area contributed by atoms with E-state index in [9.17, 15) is 4.79 Å². The summed E-state index contributed by atoms with van der Waals surface area (Å²) in [5, 5.41) is 0. The molecule has 1 fully saturated rings. The van der Waals surface area contributed by atoms with Gasteiger partial charge in [0.15, 0.2) is 0 Å². The molecule has 0 saturated carbocycles. The van der Waals surface area contributed by atoms with Gasteiger partial charge < -0.3 is 9.80 Å². The number of aryl methyl sites for hydroxylation is 1. The van der Waals surface area contributed by atoms with Gasteiger partial charge in [0.05, 0.1) is 0 Å². The van der Waals surface area contributed by atoms with Crippen LogP contribution >= 0.6 is 0 Å². The molecule has 0 aromatic heterocycles. The molecule has 1 amide bonds. The van der Waals surface area contributed by atoms with Crippen molar-refractivity contribution in [3.05, 3.63) is 35.4 Å². The smallest absolute Gasteiger partial charge is 0.226 e. The van der Waals surface area contributed by atoms with Crippen molar-refractivity contribution in [2.75, 3.05) is 33.2 Å². The van der Waals surface area contributed by atoms with Crippen molar-refractivity contribution < 1.29 is 4.79 Å². The Labute approximate surface area is 115 Å². The molecular weight excluding hydrogens is 236 g/mol. The Kier molecular flexibility index (Phi) is 3.56. The van der Waals surface area contributed by atoms with E-state index in [1.54, 1.807) is 0 Å². The van der Waals surface area contributed by atoms with Crippen molar-refractivity contribution in [2.24, 2.45) is 5.92 Å². The molecule has 0 bridgehead atoms. The quantitative estimate of drug-likeness (QED) is 0.763. The van der Waals surface area contributed by atoms with Crippen LogP contribution in [-0.4, -0.2) is 48.9 Å². The summed E-state index contributed by atoms with van der Waals surface area (Å²) in [4.78, 5) is 16.9. The minimum atomic E-state index is 0.207. The first-order valence-electron chi connectivity index (χ1n) is 7.28. The fraction of sp³-hybridized carbons (Fsp3) is 0.562. The standard InChI is InChI=1S/C16H22N2O/c1-17-8-10-18(11-9-17)16(19)15-7-6-13-4-2-3-5-14(13)12-15/h2-5,15H,6-12H2,1H3. The zero-order valence-electron chi connectivity index (χ0n) is 11.6. The summed E-state index contributed by atoms with van der Waals surface area (Å²) >= 11 is 0. The molecule has 1 aliphatic heterocycles. The van der Waals surface area contributed by atoms with Gasteiger partial charge >= 0.3 is 0 Å². The molecule has 0 radical (unpaired) electrons. The van der Waals surface area contributed by atoms with Gasteiger partial charge in [0.25, 0.3) is 0 Å². The Morgan fingerprint density at radius 2 is 1.79 bits per heavy atom. The van der Waals surface area contributed by atoms with Crippen molar-refractivity contribution in [3.63, 3.8) is 0 Å². The fourth-order valence-electron chi connectivity index (χ4n) is 3.19. The van der Waals surface area contributed by atoms with Gasteiger partial charge in [0.1, 0.15) is 0 Å². The number of fused-ring (bicyclic) bond motifs is 1. The van der Waals surface area contributed by atoms with E-state index in [-0.39, 0.29) is 5.92 Å². The van der Waals surface area contributed by atoms with E-state index in [1.807, 2.05) is 0 Å². The molecule has 3 heteroatoms. The Bertz CT molecular complexity index is 464. The van der Waals surface area contributed by atoms with E-state index < -0.39 is 0 Å². The summed E-state index contributed by atoms with van der Waals surface area (Å²) in [6.07, 6.45) is 3.00. The van der Waals surface area contributed by atoms with Crippen LogP contribution in [0.25, 0.3) is 0 Å². The van der Waals surface area contributed by atoms with Crippen LogP contribution in [0.1, 0.15) is 17.5 Å². The molecule has 1 unspecified atom stereocenters. The van der Waals surface area contributed by atoms with Crippen LogP contribution in [0.15, 0.2) is 24.3 Å². The number of hydrogen-bond donors (Lipinski definition) is 0. The fourth-order valence-corrected chi connectivity index (χ4v) is 3.19. The minimum absolute atomic E-state index is 0.207. The van der Waals surface area contributed by atoms with E-state index in [0.29, 0.717) is 5.91 Å². The van der Waals surface area contributed by atoms with E-state index in [0.717, 1.165) is 45.4 Å². The first-order chi connectivity index (χ1) is 9.24. The van der Waals surface area contributed by atoms with E-state index in [4.69, 9.17) is 0 Å². The van der Waals surface area contributed by atoms with Crippen LogP contribution in [0.5, 0.6) is 0 Å². The minimum Gasteiger partial charge on any atom is -0.340 e. The van der Waals surface area contributed by atoms with Crippen LogP contribution in [0.3, 0.4) is 0 Å². The molecule has 3 rings (SSSR count). The van der Waals surface area contributed by atoms with Crippen molar-refractivity contribution in [1.82, 2.24) is 9.80 Å². The molecule has 1 heterocycles. The summed E-state index contributed by atoms with van der Waals surface area (Å²) in [5.74, 6) is 0.584. The normalized spacial score (nSPS) is 24.1. The Balaban J connectivity index is 1.66. The lowest BCUT2D eigenvalue weighted by atomic mass is 9.83. The van der Waals surface area contributed by atoms with E-state index in [1.165, 1.54) is 11.1 Å². The van der Waals surface area contributed by atoms with Crippen LogP contribution in [0.2, 0.25) is 0 Å². The SMILES string of the molecule is CN1CCN(C(=O)C2CCc3ccccc3C2)CC1. The van der Waals surface area contributed by atoms with Crippen molar-refractivity contribution in [1.29, 1.82) is 0 Å². The second kappa shape index (κ2) is 5.33. The third-order valence-corrected chi connectivity index (χ3v) is 4.51. The first-order valence-corrected chi connectivity index (χ1v) is 7.28. The highest BCUT2D eigenvalue weighted by Crippen LogP contribution is 2.26. The number of likely N-dealkylation sites (N-methyl/N-ethyl adjacent to an activating group) is 1. The number of carbonyl (C=O) groups excluding carboxylic acids is 1. The molecule has 1 saturated heterocycles. The van der Waals surface area contributed by atoms with Gasteiger partial charge in [-0.2, -0.15) is 0 Å². The molecule has 3 nitrogen and oxygen atoms in total.